The molecule has 160 valence electrons. The number of hydrogen-bond acceptors (Lipinski definition) is 5. The average Bonchev–Trinajstić information content (AvgIpc) is 3.28. The highest BCUT2D eigenvalue weighted by Crippen LogP contribution is 2.27. The molecule has 3 N–H and O–H groups in total. The molecule has 0 amide bonds. The van der Waals surface area contributed by atoms with Gasteiger partial charge in [0.15, 0.2) is 0 Å². The van der Waals surface area contributed by atoms with Crippen molar-refractivity contribution < 1.29 is 5.11 Å². The molecule has 3 aromatic heterocycles. The highest BCUT2D eigenvalue weighted by atomic mass is 35.5. The van der Waals surface area contributed by atoms with Gasteiger partial charge in [-0.05, 0) is 49.1 Å². The maximum atomic E-state index is 10.7. The highest BCUT2D eigenvalue weighted by molar-refractivity contribution is 6.36. The third-order valence-electron chi connectivity index (χ3n) is 6.25. The molecule has 1 saturated carbocycles. The summed E-state index contributed by atoms with van der Waals surface area (Å²) >= 11 is 6.59. The SMILES string of the molecule is O[C@@H]1C[C@@H](NCc2cccn3ccnc23)CC[C@@H]1NCc1ccc2ncccc2c1Cl. The number of aromatic nitrogens is 3. The topological polar surface area (TPSA) is 74.5 Å². The first-order valence-electron chi connectivity index (χ1n) is 10.8. The number of hydrogen-bond donors (Lipinski definition) is 3. The summed E-state index contributed by atoms with van der Waals surface area (Å²) in [6.07, 6.45) is 9.82. The summed E-state index contributed by atoms with van der Waals surface area (Å²) in [6, 6.07) is 12.4. The summed E-state index contributed by atoms with van der Waals surface area (Å²) in [6.45, 7) is 1.38. The lowest BCUT2D eigenvalue weighted by Gasteiger charge is -2.34. The summed E-state index contributed by atoms with van der Waals surface area (Å²) in [5, 5.41) is 19.5. The summed E-state index contributed by atoms with van der Waals surface area (Å²) in [4.78, 5) is 8.79. The molecule has 1 aromatic carbocycles. The molecule has 3 atom stereocenters. The van der Waals surface area contributed by atoms with E-state index in [-0.39, 0.29) is 6.04 Å². The van der Waals surface area contributed by atoms with Crippen molar-refractivity contribution in [2.75, 3.05) is 0 Å². The lowest BCUT2D eigenvalue weighted by molar-refractivity contribution is 0.0742. The Balaban J connectivity index is 1.16. The van der Waals surface area contributed by atoms with Crippen molar-refractivity contribution in [2.24, 2.45) is 0 Å². The molecule has 31 heavy (non-hydrogen) atoms. The zero-order valence-electron chi connectivity index (χ0n) is 17.2. The molecule has 0 radical (unpaired) electrons. The number of benzene rings is 1. The number of aliphatic hydroxyl groups excluding tert-OH is 1. The van der Waals surface area contributed by atoms with Gasteiger partial charge in [0, 0.05) is 60.9 Å². The van der Waals surface area contributed by atoms with E-state index in [4.69, 9.17) is 11.6 Å². The number of fused-ring (bicyclic) bond motifs is 2. The second-order valence-corrected chi connectivity index (χ2v) is 8.62. The Morgan fingerprint density at radius 3 is 2.77 bits per heavy atom. The Morgan fingerprint density at radius 1 is 0.968 bits per heavy atom. The van der Waals surface area contributed by atoms with Crippen LogP contribution in [0.2, 0.25) is 5.02 Å². The second kappa shape index (κ2) is 8.93. The van der Waals surface area contributed by atoms with E-state index < -0.39 is 6.10 Å². The van der Waals surface area contributed by atoms with Crippen molar-refractivity contribution in [2.45, 2.75) is 50.5 Å². The molecular formula is C24H26ClN5O. The van der Waals surface area contributed by atoms with E-state index in [0.29, 0.717) is 12.6 Å². The quantitative estimate of drug-likeness (QED) is 0.430. The molecule has 6 nitrogen and oxygen atoms in total. The Hall–Kier alpha value is -2.51. The van der Waals surface area contributed by atoms with Gasteiger partial charge < -0.3 is 20.1 Å². The first-order valence-corrected chi connectivity index (χ1v) is 11.1. The van der Waals surface area contributed by atoms with Gasteiger partial charge in [-0.2, -0.15) is 0 Å². The number of aliphatic hydroxyl groups is 1. The molecule has 0 aliphatic heterocycles. The van der Waals surface area contributed by atoms with Crippen LogP contribution in [-0.4, -0.2) is 37.7 Å². The van der Waals surface area contributed by atoms with Gasteiger partial charge in [-0.1, -0.05) is 23.7 Å². The Morgan fingerprint density at radius 2 is 1.87 bits per heavy atom. The van der Waals surface area contributed by atoms with Gasteiger partial charge in [-0.25, -0.2) is 4.98 Å². The smallest absolute Gasteiger partial charge is 0.141 e. The summed E-state index contributed by atoms with van der Waals surface area (Å²) < 4.78 is 2.03. The summed E-state index contributed by atoms with van der Waals surface area (Å²) in [7, 11) is 0. The molecule has 1 fully saturated rings. The van der Waals surface area contributed by atoms with Crippen LogP contribution in [0, 0.1) is 0 Å². The molecule has 0 bridgehead atoms. The van der Waals surface area contributed by atoms with Crippen LogP contribution in [0.1, 0.15) is 30.4 Å². The van der Waals surface area contributed by atoms with Crippen molar-refractivity contribution in [3.05, 3.63) is 77.3 Å². The lowest BCUT2D eigenvalue weighted by atomic mass is 9.88. The maximum Gasteiger partial charge on any atom is 0.141 e. The van der Waals surface area contributed by atoms with Gasteiger partial charge in [0.05, 0.1) is 16.6 Å². The third-order valence-corrected chi connectivity index (χ3v) is 6.70. The number of rotatable bonds is 6. The zero-order valence-corrected chi connectivity index (χ0v) is 18.0. The molecule has 1 aliphatic rings. The van der Waals surface area contributed by atoms with Gasteiger partial charge in [-0.3, -0.25) is 4.98 Å². The zero-order chi connectivity index (χ0) is 21.2. The second-order valence-electron chi connectivity index (χ2n) is 8.25. The van der Waals surface area contributed by atoms with Crippen LogP contribution in [-0.2, 0) is 13.1 Å². The first-order chi connectivity index (χ1) is 15.2. The third kappa shape index (κ3) is 4.29. The van der Waals surface area contributed by atoms with Crippen LogP contribution >= 0.6 is 11.6 Å². The minimum Gasteiger partial charge on any atom is -0.391 e. The van der Waals surface area contributed by atoms with Gasteiger partial charge in [-0.15, -0.1) is 0 Å². The number of nitrogens with one attached hydrogen (secondary N) is 2. The fraction of sp³-hybridized carbons (Fsp3) is 0.333. The molecule has 0 saturated heterocycles. The molecule has 4 aromatic rings. The van der Waals surface area contributed by atoms with E-state index in [9.17, 15) is 5.11 Å². The molecule has 0 unspecified atom stereocenters. The normalized spacial score (nSPS) is 21.7. The Bertz CT molecular complexity index is 1190. The fourth-order valence-corrected chi connectivity index (χ4v) is 4.80. The van der Waals surface area contributed by atoms with Crippen molar-refractivity contribution in [1.82, 2.24) is 25.0 Å². The van der Waals surface area contributed by atoms with Crippen LogP contribution < -0.4 is 10.6 Å². The van der Waals surface area contributed by atoms with E-state index in [2.05, 4.69) is 26.7 Å². The molecule has 5 rings (SSSR count). The number of pyridine rings is 2. The molecular weight excluding hydrogens is 410 g/mol. The minimum atomic E-state index is -0.394. The van der Waals surface area contributed by atoms with E-state index in [0.717, 1.165) is 52.9 Å². The molecule has 1 aliphatic carbocycles. The predicted octanol–water partition coefficient (Wildman–Crippen LogP) is 3.70. The highest BCUT2D eigenvalue weighted by Gasteiger charge is 2.28. The summed E-state index contributed by atoms with van der Waals surface area (Å²) in [5.41, 5.74) is 4.08. The van der Waals surface area contributed by atoms with Crippen molar-refractivity contribution in [3.8, 4) is 0 Å². The summed E-state index contributed by atoms with van der Waals surface area (Å²) in [5.74, 6) is 0. The van der Waals surface area contributed by atoms with Gasteiger partial charge in [0.2, 0.25) is 0 Å². The predicted molar refractivity (Wildman–Crippen MR) is 123 cm³/mol. The average molecular weight is 436 g/mol. The maximum absolute atomic E-state index is 10.7. The van der Waals surface area contributed by atoms with E-state index in [1.165, 1.54) is 5.56 Å². The van der Waals surface area contributed by atoms with E-state index in [1.807, 2.05) is 53.3 Å². The van der Waals surface area contributed by atoms with Crippen molar-refractivity contribution in [3.63, 3.8) is 0 Å². The number of imidazole rings is 1. The molecule has 3 heterocycles. The van der Waals surface area contributed by atoms with Gasteiger partial charge >= 0.3 is 0 Å². The largest absolute Gasteiger partial charge is 0.391 e. The Labute approximate surface area is 186 Å². The standard InChI is InChI=1S/C24H26ClN5O/c25-23-16(5-7-20-19(23)4-1-9-26-20)14-29-21-8-6-18(13-22(21)31)28-15-17-3-2-11-30-12-10-27-24(17)30/h1-5,7,9-12,18,21-22,28-29,31H,6,8,13-15H2/t18-,21-,22+/m0/s1. The first kappa shape index (κ1) is 20.4. The number of halogens is 1. The monoisotopic (exact) mass is 435 g/mol. The van der Waals surface area contributed by atoms with E-state index >= 15 is 0 Å². The van der Waals surface area contributed by atoms with Crippen molar-refractivity contribution >= 4 is 28.2 Å². The number of nitrogens with zero attached hydrogens (tertiary/aromatic N) is 3. The van der Waals surface area contributed by atoms with Gasteiger partial charge in [0.1, 0.15) is 5.65 Å². The lowest BCUT2D eigenvalue weighted by Crippen LogP contribution is -2.48. The van der Waals surface area contributed by atoms with Gasteiger partial charge in [0.25, 0.3) is 0 Å². The Kier molecular flexibility index (Phi) is 5.87. The van der Waals surface area contributed by atoms with Crippen LogP contribution in [0.25, 0.3) is 16.6 Å². The van der Waals surface area contributed by atoms with Crippen LogP contribution in [0.4, 0.5) is 0 Å². The fourth-order valence-electron chi connectivity index (χ4n) is 4.51. The van der Waals surface area contributed by atoms with Crippen LogP contribution in [0.5, 0.6) is 0 Å². The van der Waals surface area contributed by atoms with Crippen molar-refractivity contribution in [1.29, 1.82) is 0 Å². The molecule has 7 heteroatoms. The molecule has 0 spiro atoms. The van der Waals surface area contributed by atoms with Crippen LogP contribution in [0.3, 0.4) is 0 Å². The van der Waals surface area contributed by atoms with Crippen LogP contribution in [0.15, 0.2) is 61.2 Å². The minimum absolute atomic E-state index is 0.0643. The van der Waals surface area contributed by atoms with E-state index in [1.54, 1.807) is 6.20 Å².